The normalized spacial score (nSPS) is 22.2. The molecular formula is C20H32N3O2+. The van der Waals surface area contributed by atoms with Crippen molar-refractivity contribution in [1.82, 2.24) is 4.90 Å². The van der Waals surface area contributed by atoms with Gasteiger partial charge in [-0.2, -0.15) is 0 Å². The summed E-state index contributed by atoms with van der Waals surface area (Å²) >= 11 is 0. The van der Waals surface area contributed by atoms with Gasteiger partial charge in [0, 0.05) is 30.8 Å². The summed E-state index contributed by atoms with van der Waals surface area (Å²) in [5, 5.41) is 0. The molecule has 0 aliphatic carbocycles. The maximum Gasteiger partial charge on any atom is 0.281 e. The second-order valence-corrected chi connectivity index (χ2v) is 8.14. The minimum Gasteiger partial charge on any atom is -0.369 e. The quantitative estimate of drug-likeness (QED) is 0.835. The monoisotopic (exact) mass is 346 g/mol. The first kappa shape index (κ1) is 19.4. The molecule has 0 bridgehead atoms. The fourth-order valence-electron chi connectivity index (χ4n) is 3.53. The number of piperidine rings is 1. The highest BCUT2D eigenvalue weighted by Gasteiger charge is 2.37. The van der Waals surface area contributed by atoms with E-state index in [0.717, 1.165) is 31.5 Å². The van der Waals surface area contributed by atoms with Gasteiger partial charge in [-0.05, 0) is 33.3 Å². The van der Waals surface area contributed by atoms with E-state index in [9.17, 15) is 9.59 Å². The third-order valence-corrected chi connectivity index (χ3v) is 5.27. The summed E-state index contributed by atoms with van der Waals surface area (Å²) < 4.78 is 0. The number of likely N-dealkylation sites (tertiary alicyclic amines) is 1. The van der Waals surface area contributed by atoms with E-state index in [4.69, 9.17) is 5.73 Å². The smallest absolute Gasteiger partial charge is 0.281 e. The van der Waals surface area contributed by atoms with Crippen LogP contribution in [0.2, 0.25) is 0 Å². The number of nitrogens with zero attached hydrogens (tertiary/aromatic N) is 1. The predicted octanol–water partition coefficient (Wildman–Crippen LogP) is 0.982. The molecule has 1 aliphatic rings. The highest BCUT2D eigenvalue weighted by Crippen LogP contribution is 2.19. The molecule has 1 aliphatic heterocycles. The third kappa shape index (κ3) is 5.05. The van der Waals surface area contributed by atoms with Crippen molar-refractivity contribution < 1.29 is 14.5 Å². The van der Waals surface area contributed by atoms with Gasteiger partial charge in [0.25, 0.3) is 5.91 Å². The van der Waals surface area contributed by atoms with Gasteiger partial charge in [0.05, 0.1) is 13.1 Å². The molecule has 1 fully saturated rings. The molecule has 0 radical (unpaired) electrons. The Hall–Kier alpha value is -1.88. The number of carbonyl (C=O) groups is 2. The van der Waals surface area contributed by atoms with Gasteiger partial charge in [-0.1, -0.05) is 30.3 Å². The highest BCUT2D eigenvalue weighted by atomic mass is 16.2. The van der Waals surface area contributed by atoms with Crippen LogP contribution in [0.25, 0.3) is 0 Å². The van der Waals surface area contributed by atoms with Crippen molar-refractivity contribution in [2.75, 3.05) is 13.1 Å². The molecule has 1 heterocycles. The van der Waals surface area contributed by atoms with Gasteiger partial charge < -0.3 is 15.5 Å². The Morgan fingerprint density at radius 1 is 1.20 bits per heavy atom. The Morgan fingerprint density at radius 3 is 2.24 bits per heavy atom. The van der Waals surface area contributed by atoms with E-state index in [2.05, 4.69) is 32.9 Å². The van der Waals surface area contributed by atoms with Crippen molar-refractivity contribution in [3.05, 3.63) is 35.9 Å². The van der Waals surface area contributed by atoms with Crippen molar-refractivity contribution >= 4 is 11.8 Å². The van der Waals surface area contributed by atoms with Gasteiger partial charge in [0.2, 0.25) is 5.91 Å². The first-order chi connectivity index (χ1) is 11.7. The van der Waals surface area contributed by atoms with Gasteiger partial charge in [0.1, 0.15) is 0 Å². The molecule has 25 heavy (non-hydrogen) atoms. The summed E-state index contributed by atoms with van der Waals surface area (Å²) in [5.41, 5.74) is 6.31. The summed E-state index contributed by atoms with van der Waals surface area (Å²) in [7, 11) is 0. The van der Waals surface area contributed by atoms with Gasteiger partial charge in [-0.3, -0.25) is 9.59 Å². The summed E-state index contributed by atoms with van der Waals surface area (Å²) in [5.74, 6) is -0.0728. The largest absolute Gasteiger partial charge is 0.369 e. The highest BCUT2D eigenvalue weighted by molar-refractivity contribution is 5.81. The summed E-state index contributed by atoms with van der Waals surface area (Å²) in [6, 6.07) is 10.00. The number of primary amides is 1. The first-order valence-electron chi connectivity index (χ1n) is 9.19. The molecule has 1 aromatic carbocycles. The fraction of sp³-hybridized carbons (Fsp3) is 0.600. The second kappa shape index (κ2) is 8.00. The summed E-state index contributed by atoms with van der Waals surface area (Å²) in [6.07, 6.45) is 1.55. The van der Waals surface area contributed by atoms with Crippen molar-refractivity contribution in [2.45, 2.75) is 58.7 Å². The number of quaternary nitrogens is 1. The van der Waals surface area contributed by atoms with Crippen LogP contribution in [0.3, 0.4) is 0 Å². The molecule has 0 spiro atoms. The van der Waals surface area contributed by atoms with Gasteiger partial charge in [0.15, 0.2) is 6.04 Å². The number of nitrogens with one attached hydrogen (secondary N) is 1. The zero-order valence-corrected chi connectivity index (χ0v) is 15.9. The summed E-state index contributed by atoms with van der Waals surface area (Å²) in [6.45, 7) is 10.5. The molecule has 0 unspecified atom stereocenters. The van der Waals surface area contributed by atoms with E-state index in [1.807, 2.05) is 30.0 Å². The van der Waals surface area contributed by atoms with E-state index in [1.165, 1.54) is 4.90 Å². The lowest BCUT2D eigenvalue weighted by Crippen LogP contribution is -3.17. The average molecular weight is 346 g/mol. The van der Waals surface area contributed by atoms with Crippen molar-refractivity contribution in [1.29, 1.82) is 0 Å². The van der Waals surface area contributed by atoms with Crippen molar-refractivity contribution in [3.63, 3.8) is 0 Å². The lowest BCUT2D eigenvalue weighted by atomic mass is 9.95. The van der Waals surface area contributed by atoms with Crippen LogP contribution in [0.1, 0.15) is 46.1 Å². The molecule has 0 saturated carbocycles. The standard InChI is InChI=1S/C20H31N3O2/c1-15(22-12-10-17(11-13-22)18(21)24)19(25)23(20(2,3)4)14-16-8-6-5-7-9-16/h5-9,15,17H,10-14H2,1-4H3,(H2,21,24)/p+1/t15-/m0/s1. The Balaban J connectivity index is 2.07. The Bertz CT molecular complexity index is 587. The Kier molecular flexibility index (Phi) is 6.22. The maximum absolute atomic E-state index is 13.2. The topological polar surface area (TPSA) is 67.8 Å². The molecule has 5 nitrogen and oxygen atoms in total. The number of hydrogen-bond donors (Lipinski definition) is 2. The Labute approximate surface area is 151 Å². The molecule has 1 saturated heterocycles. The van der Waals surface area contributed by atoms with E-state index >= 15 is 0 Å². The lowest BCUT2D eigenvalue weighted by molar-refractivity contribution is -0.920. The van der Waals surface area contributed by atoms with Crippen LogP contribution in [0, 0.1) is 5.92 Å². The maximum atomic E-state index is 13.2. The number of carbonyl (C=O) groups excluding carboxylic acids is 2. The zero-order chi connectivity index (χ0) is 18.6. The zero-order valence-electron chi connectivity index (χ0n) is 15.9. The van der Waals surface area contributed by atoms with E-state index in [-0.39, 0.29) is 29.3 Å². The molecular weight excluding hydrogens is 314 g/mol. The summed E-state index contributed by atoms with van der Waals surface area (Å²) in [4.78, 5) is 27.8. The molecule has 2 amide bonds. The van der Waals surface area contributed by atoms with Crippen LogP contribution in [0.4, 0.5) is 0 Å². The first-order valence-corrected chi connectivity index (χ1v) is 9.19. The number of amides is 2. The Morgan fingerprint density at radius 2 is 1.76 bits per heavy atom. The van der Waals surface area contributed by atoms with Crippen LogP contribution in [0.5, 0.6) is 0 Å². The molecule has 2 rings (SSSR count). The minimum absolute atomic E-state index is 0.0333. The second-order valence-electron chi connectivity index (χ2n) is 8.14. The van der Waals surface area contributed by atoms with Crippen LogP contribution >= 0.6 is 0 Å². The van der Waals surface area contributed by atoms with Gasteiger partial charge in [-0.25, -0.2) is 0 Å². The van der Waals surface area contributed by atoms with Gasteiger partial charge in [-0.15, -0.1) is 0 Å². The molecule has 1 aromatic rings. The predicted molar refractivity (Wildman–Crippen MR) is 98.8 cm³/mol. The van der Waals surface area contributed by atoms with Crippen LogP contribution in [0.15, 0.2) is 30.3 Å². The van der Waals surface area contributed by atoms with Gasteiger partial charge >= 0.3 is 0 Å². The van der Waals surface area contributed by atoms with Crippen LogP contribution in [-0.4, -0.2) is 41.4 Å². The number of nitrogens with two attached hydrogens (primary N) is 1. The van der Waals surface area contributed by atoms with Crippen LogP contribution in [-0.2, 0) is 16.1 Å². The molecule has 138 valence electrons. The molecule has 0 aromatic heterocycles. The third-order valence-electron chi connectivity index (χ3n) is 5.27. The van der Waals surface area contributed by atoms with Crippen molar-refractivity contribution in [3.8, 4) is 0 Å². The van der Waals surface area contributed by atoms with E-state index in [0.29, 0.717) is 6.54 Å². The molecule has 1 atom stereocenters. The van der Waals surface area contributed by atoms with E-state index in [1.54, 1.807) is 0 Å². The number of benzene rings is 1. The molecule has 3 N–H and O–H groups in total. The fourth-order valence-corrected chi connectivity index (χ4v) is 3.53. The average Bonchev–Trinajstić information content (AvgIpc) is 2.58. The number of rotatable bonds is 5. The van der Waals surface area contributed by atoms with Crippen LogP contribution < -0.4 is 10.6 Å². The molecule has 5 heteroatoms. The van der Waals surface area contributed by atoms with Crippen molar-refractivity contribution in [2.24, 2.45) is 11.7 Å². The minimum atomic E-state index is -0.244. The SMILES string of the molecule is C[C@@H](C(=O)N(Cc1ccccc1)C(C)(C)C)[NH+]1CCC(C(N)=O)CC1. The van der Waals surface area contributed by atoms with E-state index < -0.39 is 0 Å². The number of hydrogen-bond acceptors (Lipinski definition) is 2. The lowest BCUT2D eigenvalue weighted by Gasteiger charge is -2.40.